The molecule has 0 aliphatic heterocycles. The lowest BCUT2D eigenvalue weighted by Crippen LogP contribution is -2.43. The molecule has 0 radical (unpaired) electrons. The largest absolute Gasteiger partial charge is 0.479 e. The molecule has 0 heterocycles. The first kappa shape index (κ1) is 7.10. The number of hydrogen-bond donors (Lipinski definition) is 2. The zero-order valence-electron chi connectivity index (χ0n) is 6.29. The third kappa shape index (κ3) is 0.872. The molecule has 62 valence electrons. The van der Waals surface area contributed by atoms with Gasteiger partial charge in [0.1, 0.15) is 0 Å². The summed E-state index contributed by atoms with van der Waals surface area (Å²) < 4.78 is 0. The van der Waals surface area contributed by atoms with Crippen LogP contribution >= 0.6 is 0 Å². The number of aliphatic hydroxyl groups is 1. The highest BCUT2D eigenvalue weighted by Crippen LogP contribution is 2.54. The zero-order chi connectivity index (χ0) is 8.06. The zero-order valence-corrected chi connectivity index (χ0v) is 6.29. The molecule has 0 saturated heterocycles. The van der Waals surface area contributed by atoms with Gasteiger partial charge in [-0.05, 0) is 31.6 Å². The van der Waals surface area contributed by atoms with E-state index < -0.39 is 11.6 Å². The summed E-state index contributed by atoms with van der Waals surface area (Å²) in [6.45, 7) is 0. The fourth-order valence-electron chi connectivity index (χ4n) is 2.24. The molecule has 3 unspecified atom stereocenters. The highest BCUT2D eigenvalue weighted by molar-refractivity contribution is 5.78. The molecule has 3 heteroatoms. The third-order valence-corrected chi connectivity index (χ3v) is 3.04. The summed E-state index contributed by atoms with van der Waals surface area (Å²) in [6, 6.07) is 0. The molecule has 0 amide bonds. The molecule has 0 spiro atoms. The maximum absolute atomic E-state index is 10.7. The molecule has 0 aromatic carbocycles. The lowest BCUT2D eigenvalue weighted by Gasteiger charge is -2.27. The van der Waals surface area contributed by atoms with E-state index in [-0.39, 0.29) is 5.92 Å². The minimum atomic E-state index is -1.37. The van der Waals surface area contributed by atoms with Gasteiger partial charge in [0.15, 0.2) is 5.60 Å². The van der Waals surface area contributed by atoms with Gasteiger partial charge in [0.05, 0.1) is 0 Å². The predicted molar refractivity (Wildman–Crippen MR) is 38.0 cm³/mol. The van der Waals surface area contributed by atoms with E-state index in [1.54, 1.807) is 0 Å². The van der Waals surface area contributed by atoms with Gasteiger partial charge in [-0.2, -0.15) is 0 Å². The molecule has 11 heavy (non-hydrogen) atoms. The first-order valence-electron chi connectivity index (χ1n) is 4.10. The van der Waals surface area contributed by atoms with Crippen LogP contribution in [0.1, 0.15) is 25.7 Å². The van der Waals surface area contributed by atoms with Crippen LogP contribution in [0.2, 0.25) is 0 Å². The maximum atomic E-state index is 10.7. The molecule has 2 aliphatic rings. The average molecular weight is 156 g/mol. The van der Waals surface area contributed by atoms with E-state index in [2.05, 4.69) is 0 Å². The van der Waals surface area contributed by atoms with Gasteiger partial charge in [-0.3, -0.25) is 0 Å². The number of hydrogen-bond acceptors (Lipinski definition) is 2. The second kappa shape index (κ2) is 1.97. The van der Waals surface area contributed by atoms with Gasteiger partial charge in [0, 0.05) is 5.92 Å². The van der Waals surface area contributed by atoms with Crippen molar-refractivity contribution in [1.29, 1.82) is 0 Å². The van der Waals surface area contributed by atoms with Crippen LogP contribution in [0.5, 0.6) is 0 Å². The minimum absolute atomic E-state index is 0.0637. The van der Waals surface area contributed by atoms with E-state index in [0.29, 0.717) is 12.3 Å². The van der Waals surface area contributed by atoms with Gasteiger partial charge in [-0.25, -0.2) is 4.79 Å². The summed E-state index contributed by atoms with van der Waals surface area (Å²) in [6.07, 6.45) is 3.34. The Morgan fingerprint density at radius 3 is 2.82 bits per heavy atom. The van der Waals surface area contributed by atoms with Crippen LogP contribution in [-0.4, -0.2) is 21.8 Å². The molecule has 2 rings (SSSR count). The van der Waals surface area contributed by atoms with Gasteiger partial charge >= 0.3 is 5.97 Å². The average Bonchev–Trinajstić information content (AvgIpc) is 2.67. The number of rotatable bonds is 1. The van der Waals surface area contributed by atoms with Gasteiger partial charge < -0.3 is 10.2 Å². The van der Waals surface area contributed by atoms with E-state index in [1.165, 1.54) is 0 Å². The summed E-state index contributed by atoms with van der Waals surface area (Å²) in [5.41, 5.74) is -1.37. The molecular weight excluding hydrogens is 144 g/mol. The van der Waals surface area contributed by atoms with E-state index in [0.717, 1.165) is 19.3 Å². The summed E-state index contributed by atoms with van der Waals surface area (Å²) in [4.78, 5) is 10.7. The normalized spacial score (nSPS) is 48.1. The van der Waals surface area contributed by atoms with Gasteiger partial charge in [0.2, 0.25) is 0 Å². The molecule has 0 aromatic heterocycles. The Hall–Kier alpha value is -0.570. The number of aliphatic carboxylic acids is 1. The molecule has 2 N–H and O–H groups in total. The SMILES string of the molecule is O=C(O)C1(O)CCCC2CC21. The topological polar surface area (TPSA) is 57.5 Å². The van der Waals surface area contributed by atoms with Crippen molar-refractivity contribution in [2.75, 3.05) is 0 Å². The first-order valence-corrected chi connectivity index (χ1v) is 4.10. The smallest absolute Gasteiger partial charge is 0.335 e. The van der Waals surface area contributed by atoms with E-state index >= 15 is 0 Å². The lowest BCUT2D eigenvalue weighted by atomic mass is 9.85. The van der Waals surface area contributed by atoms with Gasteiger partial charge in [-0.15, -0.1) is 0 Å². The van der Waals surface area contributed by atoms with E-state index in [4.69, 9.17) is 5.11 Å². The predicted octanol–water partition coefficient (Wildman–Crippen LogP) is 0.622. The summed E-state index contributed by atoms with van der Waals surface area (Å²) in [7, 11) is 0. The van der Waals surface area contributed by atoms with Crippen molar-refractivity contribution in [2.24, 2.45) is 11.8 Å². The highest BCUT2D eigenvalue weighted by Gasteiger charge is 2.58. The van der Waals surface area contributed by atoms with E-state index in [9.17, 15) is 9.90 Å². The van der Waals surface area contributed by atoms with Gasteiger partial charge in [0.25, 0.3) is 0 Å². The second-order valence-electron chi connectivity index (χ2n) is 3.72. The van der Waals surface area contributed by atoms with Crippen molar-refractivity contribution in [3.05, 3.63) is 0 Å². The van der Waals surface area contributed by atoms with Crippen LogP contribution in [0.3, 0.4) is 0 Å². The summed E-state index contributed by atoms with van der Waals surface area (Å²) >= 11 is 0. The van der Waals surface area contributed by atoms with Crippen LogP contribution in [-0.2, 0) is 4.79 Å². The van der Waals surface area contributed by atoms with Crippen molar-refractivity contribution in [3.63, 3.8) is 0 Å². The van der Waals surface area contributed by atoms with Crippen LogP contribution in [0.4, 0.5) is 0 Å². The molecule has 0 bridgehead atoms. The van der Waals surface area contributed by atoms with Crippen LogP contribution < -0.4 is 0 Å². The van der Waals surface area contributed by atoms with Crippen LogP contribution in [0.15, 0.2) is 0 Å². The molecule has 2 fully saturated rings. The van der Waals surface area contributed by atoms with Crippen molar-refractivity contribution in [2.45, 2.75) is 31.3 Å². The fraction of sp³-hybridized carbons (Fsp3) is 0.875. The molecule has 2 aliphatic carbocycles. The van der Waals surface area contributed by atoms with Crippen molar-refractivity contribution >= 4 is 5.97 Å². The second-order valence-corrected chi connectivity index (χ2v) is 3.72. The quantitative estimate of drug-likeness (QED) is 0.585. The number of carbonyl (C=O) groups is 1. The van der Waals surface area contributed by atoms with Crippen LogP contribution in [0, 0.1) is 11.8 Å². The number of carboxylic acids is 1. The Labute approximate surface area is 65.0 Å². The Morgan fingerprint density at radius 1 is 1.55 bits per heavy atom. The number of fused-ring (bicyclic) bond motifs is 1. The van der Waals surface area contributed by atoms with Crippen molar-refractivity contribution in [3.8, 4) is 0 Å². The molecular formula is C8H12O3. The number of carboxylic acid groups (broad SMARTS) is 1. The van der Waals surface area contributed by atoms with E-state index in [1.807, 2.05) is 0 Å². The van der Waals surface area contributed by atoms with Crippen LogP contribution in [0.25, 0.3) is 0 Å². The standard InChI is InChI=1S/C8H12O3/c9-7(10)8(11)3-1-2-5-4-6(5)8/h5-6,11H,1-4H2,(H,9,10). The Morgan fingerprint density at radius 2 is 2.27 bits per heavy atom. The fourth-order valence-corrected chi connectivity index (χ4v) is 2.24. The van der Waals surface area contributed by atoms with Crippen molar-refractivity contribution in [1.82, 2.24) is 0 Å². The third-order valence-electron chi connectivity index (χ3n) is 3.04. The Kier molecular flexibility index (Phi) is 1.27. The molecule has 0 aromatic rings. The molecule has 3 atom stereocenters. The summed E-state index contributed by atoms with van der Waals surface area (Å²) in [5, 5.41) is 18.4. The minimum Gasteiger partial charge on any atom is -0.479 e. The Balaban J connectivity index is 2.17. The molecule has 3 nitrogen and oxygen atoms in total. The lowest BCUT2D eigenvalue weighted by molar-refractivity contribution is -0.163. The Bertz CT molecular complexity index is 202. The maximum Gasteiger partial charge on any atom is 0.335 e. The van der Waals surface area contributed by atoms with Crippen molar-refractivity contribution < 1.29 is 15.0 Å². The molecule has 2 saturated carbocycles. The monoisotopic (exact) mass is 156 g/mol. The first-order chi connectivity index (χ1) is 5.14. The summed E-state index contributed by atoms with van der Waals surface area (Å²) in [5.74, 6) is -0.455. The highest BCUT2D eigenvalue weighted by atomic mass is 16.4. The van der Waals surface area contributed by atoms with Gasteiger partial charge in [-0.1, -0.05) is 0 Å².